The van der Waals surface area contributed by atoms with Crippen LogP contribution in [0.3, 0.4) is 0 Å². The molecule has 0 heterocycles. The first-order valence-corrected chi connectivity index (χ1v) is 5.35. The quantitative estimate of drug-likeness (QED) is 0.518. The van der Waals surface area contributed by atoms with E-state index in [-0.39, 0.29) is 22.8 Å². The van der Waals surface area contributed by atoms with Gasteiger partial charge in [-0.15, -0.1) is 0 Å². The van der Waals surface area contributed by atoms with E-state index in [1.165, 1.54) is 6.92 Å². The molecule has 2 aliphatic carbocycles. The van der Waals surface area contributed by atoms with Crippen LogP contribution in [-0.4, -0.2) is 22.7 Å². The number of rotatable bonds is 1. The summed E-state index contributed by atoms with van der Waals surface area (Å²) in [5.74, 6) is 0.609. The Hall–Kier alpha value is -0.380. The van der Waals surface area contributed by atoms with Crippen molar-refractivity contribution < 1.29 is 14.3 Å². The van der Waals surface area contributed by atoms with Gasteiger partial charge >= 0.3 is 5.97 Å². The summed E-state index contributed by atoms with van der Waals surface area (Å²) in [7, 11) is 0. The summed E-state index contributed by atoms with van der Waals surface area (Å²) in [6.07, 6.45) is 1.26. The van der Waals surface area contributed by atoms with Gasteiger partial charge in [0.05, 0.1) is 4.83 Å². The lowest BCUT2D eigenvalue weighted by molar-refractivity contribution is -0.146. The van der Waals surface area contributed by atoms with Crippen molar-refractivity contribution in [2.45, 2.75) is 30.7 Å². The lowest BCUT2D eigenvalue weighted by atomic mass is 9.75. The number of carbonyl (C=O) groups excluding carboxylic acids is 2. The van der Waals surface area contributed by atoms with Crippen molar-refractivity contribution in [2.75, 3.05) is 0 Å². The molecular formula is C9H11BrO3. The minimum atomic E-state index is -0.261. The van der Waals surface area contributed by atoms with Crippen molar-refractivity contribution in [3.63, 3.8) is 0 Å². The van der Waals surface area contributed by atoms with Crippen LogP contribution in [0.2, 0.25) is 0 Å². The average molecular weight is 247 g/mol. The Morgan fingerprint density at radius 2 is 2.31 bits per heavy atom. The topological polar surface area (TPSA) is 43.4 Å². The molecule has 2 fully saturated rings. The van der Waals surface area contributed by atoms with Gasteiger partial charge in [0.25, 0.3) is 0 Å². The van der Waals surface area contributed by atoms with E-state index in [1.54, 1.807) is 0 Å². The molecule has 13 heavy (non-hydrogen) atoms. The maximum absolute atomic E-state index is 11.1. The summed E-state index contributed by atoms with van der Waals surface area (Å²) in [6, 6.07) is 0. The zero-order chi connectivity index (χ0) is 9.59. The lowest BCUT2D eigenvalue weighted by Gasteiger charge is -2.29. The van der Waals surface area contributed by atoms with Crippen LogP contribution < -0.4 is 0 Å². The molecule has 0 aromatic heterocycles. The number of halogens is 1. The van der Waals surface area contributed by atoms with E-state index >= 15 is 0 Å². The highest BCUT2D eigenvalue weighted by Crippen LogP contribution is 2.48. The van der Waals surface area contributed by atoms with Crippen molar-refractivity contribution >= 4 is 27.7 Å². The third kappa shape index (κ3) is 1.41. The molecule has 0 spiro atoms. The average Bonchev–Trinajstić information content (AvgIpc) is 2.27. The molecule has 0 aliphatic heterocycles. The molecule has 0 N–H and O–H groups in total. The second kappa shape index (κ2) is 3.08. The maximum atomic E-state index is 11.1. The van der Waals surface area contributed by atoms with E-state index in [1.807, 2.05) is 0 Å². The zero-order valence-corrected chi connectivity index (χ0v) is 8.91. The molecule has 0 bridgehead atoms. The van der Waals surface area contributed by atoms with Gasteiger partial charge in [-0.05, 0) is 12.3 Å². The van der Waals surface area contributed by atoms with Crippen LogP contribution in [-0.2, 0) is 14.3 Å². The van der Waals surface area contributed by atoms with Crippen molar-refractivity contribution in [3.8, 4) is 0 Å². The van der Waals surface area contributed by atoms with E-state index < -0.39 is 0 Å². The molecule has 0 unspecified atom stereocenters. The van der Waals surface area contributed by atoms with Crippen molar-refractivity contribution in [1.82, 2.24) is 0 Å². The smallest absolute Gasteiger partial charge is 0.302 e. The van der Waals surface area contributed by atoms with Gasteiger partial charge in [0.2, 0.25) is 0 Å². The summed E-state index contributed by atoms with van der Waals surface area (Å²) in [5.41, 5.74) is 0. The summed E-state index contributed by atoms with van der Waals surface area (Å²) in [6.45, 7) is 1.40. The fraction of sp³-hybridized carbons (Fsp3) is 0.778. The monoisotopic (exact) mass is 246 g/mol. The van der Waals surface area contributed by atoms with Gasteiger partial charge < -0.3 is 4.74 Å². The molecule has 2 rings (SSSR count). The standard InChI is InChI=1S/C9H11BrO3/c1-4(11)13-8-3-5-6(9(8)10)2-7(5)12/h5-6,8-9H,2-3H2,1H3/t5-,6-,8+,9+/m0/s1. The van der Waals surface area contributed by atoms with Crippen LogP contribution in [0.4, 0.5) is 0 Å². The predicted molar refractivity (Wildman–Crippen MR) is 49.5 cm³/mol. The molecule has 0 amide bonds. The fourth-order valence-corrected chi connectivity index (χ4v) is 3.11. The summed E-state index contributed by atoms with van der Waals surface area (Å²) in [5, 5.41) is 0. The fourth-order valence-electron chi connectivity index (χ4n) is 2.23. The Balaban J connectivity index is 2.01. The van der Waals surface area contributed by atoms with Gasteiger partial charge in [0.1, 0.15) is 11.9 Å². The van der Waals surface area contributed by atoms with E-state index in [2.05, 4.69) is 15.9 Å². The number of carbonyl (C=O) groups is 2. The van der Waals surface area contributed by atoms with Gasteiger partial charge in [0, 0.05) is 19.3 Å². The SMILES string of the molecule is CC(=O)O[C@@H]1C[C@@H]2C(=O)C[C@@H]2[C@H]1Br. The minimum Gasteiger partial charge on any atom is -0.461 e. The van der Waals surface area contributed by atoms with Crippen molar-refractivity contribution in [1.29, 1.82) is 0 Å². The van der Waals surface area contributed by atoms with E-state index in [0.717, 1.165) is 0 Å². The molecule has 2 saturated carbocycles. The number of ketones is 1. The number of Topliss-reactive ketones (excluding diaryl/α,β-unsaturated/α-hetero) is 1. The van der Waals surface area contributed by atoms with Crippen LogP contribution in [0, 0.1) is 11.8 Å². The normalized spacial score (nSPS) is 42.5. The highest BCUT2D eigenvalue weighted by molar-refractivity contribution is 9.09. The Labute approximate surface area is 85.0 Å². The molecule has 0 aromatic rings. The van der Waals surface area contributed by atoms with Gasteiger partial charge in [-0.25, -0.2) is 0 Å². The number of hydrogen-bond acceptors (Lipinski definition) is 3. The number of ether oxygens (including phenoxy) is 1. The van der Waals surface area contributed by atoms with Crippen molar-refractivity contribution in [3.05, 3.63) is 0 Å². The van der Waals surface area contributed by atoms with Crippen LogP contribution in [0.5, 0.6) is 0 Å². The summed E-state index contributed by atoms with van der Waals surface area (Å²) < 4.78 is 5.11. The second-order valence-corrected chi connectivity index (χ2v) is 4.83. The first-order valence-electron chi connectivity index (χ1n) is 4.43. The Bertz CT molecular complexity index is 264. The summed E-state index contributed by atoms with van der Waals surface area (Å²) >= 11 is 3.49. The summed E-state index contributed by atoms with van der Waals surface area (Å²) in [4.78, 5) is 22.0. The van der Waals surface area contributed by atoms with Gasteiger partial charge in [0.15, 0.2) is 0 Å². The van der Waals surface area contributed by atoms with Gasteiger partial charge in [-0.3, -0.25) is 9.59 Å². The van der Waals surface area contributed by atoms with Crippen LogP contribution >= 0.6 is 15.9 Å². The van der Waals surface area contributed by atoms with Crippen LogP contribution in [0.15, 0.2) is 0 Å². The number of esters is 1. The first kappa shape index (κ1) is 9.19. The molecule has 4 atom stereocenters. The minimum absolute atomic E-state index is 0.0982. The maximum Gasteiger partial charge on any atom is 0.302 e. The van der Waals surface area contributed by atoms with E-state index in [9.17, 15) is 9.59 Å². The molecule has 3 nitrogen and oxygen atoms in total. The van der Waals surface area contributed by atoms with Crippen LogP contribution in [0.25, 0.3) is 0 Å². The molecule has 0 radical (unpaired) electrons. The highest BCUT2D eigenvalue weighted by Gasteiger charge is 2.53. The third-order valence-corrected chi connectivity index (χ3v) is 4.20. The Kier molecular flexibility index (Phi) is 2.18. The van der Waals surface area contributed by atoms with Crippen molar-refractivity contribution in [2.24, 2.45) is 11.8 Å². The molecular weight excluding hydrogens is 236 g/mol. The highest BCUT2D eigenvalue weighted by atomic mass is 79.9. The molecule has 0 aromatic carbocycles. The van der Waals surface area contributed by atoms with Gasteiger partial charge in [-0.1, -0.05) is 15.9 Å². The zero-order valence-electron chi connectivity index (χ0n) is 7.33. The number of fused-ring (bicyclic) bond motifs is 1. The Morgan fingerprint density at radius 1 is 1.62 bits per heavy atom. The van der Waals surface area contributed by atoms with E-state index in [0.29, 0.717) is 24.5 Å². The predicted octanol–water partition coefficient (Wildman–Crippen LogP) is 1.29. The van der Waals surface area contributed by atoms with Crippen LogP contribution in [0.1, 0.15) is 19.8 Å². The number of hydrogen-bond donors (Lipinski definition) is 0. The molecule has 4 heteroatoms. The second-order valence-electron chi connectivity index (χ2n) is 3.77. The van der Waals surface area contributed by atoms with Gasteiger partial charge in [-0.2, -0.15) is 0 Å². The molecule has 0 saturated heterocycles. The molecule has 72 valence electrons. The third-order valence-electron chi connectivity index (χ3n) is 2.94. The molecule has 2 aliphatic rings. The lowest BCUT2D eigenvalue weighted by Crippen LogP contribution is -2.36. The largest absolute Gasteiger partial charge is 0.461 e. The van der Waals surface area contributed by atoms with E-state index in [4.69, 9.17) is 4.74 Å². The number of alkyl halides is 1. The Morgan fingerprint density at radius 3 is 2.77 bits per heavy atom. The first-order chi connectivity index (χ1) is 6.09.